The van der Waals surface area contributed by atoms with Gasteiger partial charge in [-0.3, -0.25) is 0 Å². The normalized spacial score (nSPS) is 12.3. The maximum Gasteiger partial charge on any atom is 0.319 e. The van der Waals surface area contributed by atoms with Crippen LogP contribution in [0.15, 0.2) is 22.7 Å². The van der Waals surface area contributed by atoms with E-state index in [0.29, 0.717) is 23.1 Å². The summed E-state index contributed by atoms with van der Waals surface area (Å²) in [5, 5.41) is 14.8. The van der Waals surface area contributed by atoms with E-state index in [1.807, 2.05) is 13.8 Å². The van der Waals surface area contributed by atoms with Crippen molar-refractivity contribution in [1.29, 1.82) is 0 Å². The minimum Gasteiger partial charge on any atom is -0.393 e. The van der Waals surface area contributed by atoms with Crippen LogP contribution < -0.4 is 10.6 Å². The summed E-state index contributed by atoms with van der Waals surface area (Å²) in [5.41, 5.74) is 0.496. The quantitative estimate of drug-likeness (QED) is 0.775. The van der Waals surface area contributed by atoms with Crippen LogP contribution in [0, 0.1) is 11.7 Å². The molecule has 1 aromatic carbocycles. The molecule has 2 amide bonds. The number of halogens is 2. The minimum absolute atomic E-state index is 0.165. The lowest BCUT2D eigenvalue weighted by Crippen LogP contribution is -2.32. The number of urea groups is 1. The van der Waals surface area contributed by atoms with E-state index in [4.69, 9.17) is 0 Å². The first kappa shape index (κ1) is 15.9. The van der Waals surface area contributed by atoms with E-state index in [1.165, 1.54) is 18.2 Å². The van der Waals surface area contributed by atoms with Gasteiger partial charge in [-0.2, -0.15) is 0 Å². The van der Waals surface area contributed by atoms with Crippen molar-refractivity contribution in [1.82, 2.24) is 5.32 Å². The molecule has 1 unspecified atom stereocenters. The topological polar surface area (TPSA) is 61.4 Å². The van der Waals surface area contributed by atoms with Crippen LogP contribution in [0.5, 0.6) is 0 Å². The number of amides is 2. The molecule has 1 rings (SSSR count). The van der Waals surface area contributed by atoms with Crippen molar-refractivity contribution in [3.63, 3.8) is 0 Å². The number of nitrogens with one attached hydrogen (secondary N) is 2. The predicted molar refractivity (Wildman–Crippen MR) is 76.6 cm³/mol. The molecule has 6 heteroatoms. The number of aliphatic hydroxyl groups excluding tert-OH is 1. The fourth-order valence-corrected chi connectivity index (χ4v) is 1.79. The van der Waals surface area contributed by atoms with Crippen LogP contribution in [0.2, 0.25) is 0 Å². The Kier molecular flexibility index (Phi) is 6.24. The molecule has 0 heterocycles. The van der Waals surface area contributed by atoms with E-state index in [0.717, 1.165) is 0 Å². The maximum absolute atomic E-state index is 13.0. The van der Waals surface area contributed by atoms with E-state index < -0.39 is 6.10 Å². The van der Waals surface area contributed by atoms with E-state index in [1.54, 1.807) is 0 Å². The van der Waals surface area contributed by atoms with Crippen molar-refractivity contribution in [2.24, 2.45) is 5.92 Å². The summed E-state index contributed by atoms with van der Waals surface area (Å²) >= 11 is 3.04. The van der Waals surface area contributed by atoms with Crippen molar-refractivity contribution in [2.45, 2.75) is 26.4 Å². The van der Waals surface area contributed by atoms with Gasteiger partial charge < -0.3 is 15.7 Å². The smallest absolute Gasteiger partial charge is 0.319 e. The van der Waals surface area contributed by atoms with Crippen LogP contribution in [0.1, 0.15) is 20.3 Å². The first-order valence-electron chi connectivity index (χ1n) is 6.08. The van der Waals surface area contributed by atoms with Gasteiger partial charge in [0.2, 0.25) is 0 Å². The number of rotatable bonds is 5. The number of aliphatic hydroxyl groups is 1. The monoisotopic (exact) mass is 332 g/mol. The van der Waals surface area contributed by atoms with Crippen molar-refractivity contribution >= 4 is 27.6 Å². The number of benzene rings is 1. The standard InChI is InChI=1S/C13H18BrFN2O2/c1-8(2)12(18)5-6-16-13(19)17-9-3-4-11(15)10(14)7-9/h3-4,7-8,12,18H,5-6H2,1-2H3,(H2,16,17,19). The van der Waals surface area contributed by atoms with Crippen molar-refractivity contribution in [3.05, 3.63) is 28.5 Å². The van der Waals surface area contributed by atoms with Gasteiger partial charge in [-0.05, 0) is 46.5 Å². The molecule has 0 radical (unpaired) electrons. The lowest BCUT2D eigenvalue weighted by atomic mass is 10.0. The summed E-state index contributed by atoms with van der Waals surface area (Å²) < 4.78 is 13.3. The van der Waals surface area contributed by atoms with Gasteiger partial charge in [-0.15, -0.1) is 0 Å². The van der Waals surface area contributed by atoms with Gasteiger partial charge in [0.1, 0.15) is 5.82 Å². The highest BCUT2D eigenvalue weighted by Gasteiger charge is 2.09. The summed E-state index contributed by atoms with van der Waals surface area (Å²) in [6.07, 6.45) is 0.0679. The average molecular weight is 333 g/mol. The zero-order valence-electron chi connectivity index (χ0n) is 10.9. The molecule has 0 spiro atoms. The van der Waals surface area contributed by atoms with Gasteiger partial charge in [0.25, 0.3) is 0 Å². The highest BCUT2D eigenvalue weighted by atomic mass is 79.9. The Balaban J connectivity index is 2.37. The average Bonchev–Trinajstić information content (AvgIpc) is 2.33. The van der Waals surface area contributed by atoms with Gasteiger partial charge in [-0.1, -0.05) is 13.8 Å². The molecular weight excluding hydrogens is 315 g/mol. The molecule has 0 aliphatic heterocycles. The lowest BCUT2D eigenvalue weighted by molar-refractivity contribution is 0.117. The van der Waals surface area contributed by atoms with Gasteiger partial charge in [-0.25, -0.2) is 9.18 Å². The third-order valence-corrected chi connectivity index (χ3v) is 3.28. The van der Waals surface area contributed by atoms with Gasteiger partial charge in [0.05, 0.1) is 10.6 Å². The molecule has 3 N–H and O–H groups in total. The van der Waals surface area contributed by atoms with E-state index in [9.17, 15) is 14.3 Å². The Morgan fingerprint density at radius 3 is 2.74 bits per heavy atom. The maximum atomic E-state index is 13.0. The molecule has 106 valence electrons. The molecule has 0 aliphatic carbocycles. The Labute approximate surface area is 120 Å². The third kappa shape index (κ3) is 5.57. The molecule has 0 saturated heterocycles. The van der Waals surface area contributed by atoms with E-state index >= 15 is 0 Å². The second-order valence-corrected chi connectivity index (χ2v) is 5.46. The van der Waals surface area contributed by atoms with Crippen LogP contribution in [0.4, 0.5) is 14.9 Å². The Morgan fingerprint density at radius 1 is 1.47 bits per heavy atom. The summed E-state index contributed by atoms with van der Waals surface area (Å²) in [7, 11) is 0. The molecule has 4 nitrogen and oxygen atoms in total. The predicted octanol–water partition coefficient (Wildman–Crippen LogP) is 3.12. The Morgan fingerprint density at radius 2 is 2.16 bits per heavy atom. The first-order valence-corrected chi connectivity index (χ1v) is 6.87. The summed E-state index contributed by atoms with van der Waals surface area (Å²) in [5.74, 6) is -0.219. The molecule has 0 fully saturated rings. The van der Waals surface area contributed by atoms with E-state index in [2.05, 4.69) is 26.6 Å². The fraction of sp³-hybridized carbons (Fsp3) is 0.462. The number of carbonyl (C=O) groups is 1. The summed E-state index contributed by atoms with van der Waals surface area (Å²) in [6.45, 7) is 4.22. The van der Waals surface area contributed by atoms with Gasteiger partial charge in [0.15, 0.2) is 0 Å². The summed E-state index contributed by atoms with van der Waals surface area (Å²) in [4.78, 5) is 11.5. The number of carbonyl (C=O) groups excluding carboxylic acids is 1. The summed E-state index contributed by atoms with van der Waals surface area (Å²) in [6, 6.07) is 3.84. The molecule has 1 aromatic rings. The lowest BCUT2D eigenvalue weighted by Gasteiger charge is -2.14. The molecule has 0 aromatic heterocycles. The van der Waals surface area contributed by atoms with Crippen LogP contribution >= 0.6 is 15.9 Å². The van der Waals surface area contributed by atoms with E-state index in [-0.39, 0.29) is 17.8 Å². The zero-order chi connectivity index (χ0) is 14.4. The van der Waals surface area contributed by atoms with Crippen molar-refractivity contribution in [3.8, 4) is 0 Å². The third-order valence-electron chi connectivity index (χ3n) is 2.67. The zero-order valence-corrected chi connectivity index (χ0v) is 12.5. The second-order valence-electron chi connectivity index (χ2n) is 4.61. The molecule has 19 heavy (non-hydrogen) atoms. The van der Waals surface area contributed by atoms with Crippen LogP contribution in [0.25, 0.3) is 0 Å². The molecule has 0 saturated carbocycles. The van der Waals surface area contributed by atoms with Crippen LogP contribution in [-0.4, -0.2) is 23.8 Å². The van der Waals surface area contributed by atoms with Crippen LogP contribution in [-0.2, 0) is 0 Å². The van der Waals surface area contributed by atoms with Crippen molar-refractivity contribution < 1.29 is 14.3 Å². The molecule has 0 aliphatic rings. The highest BCUT2D eigenvalue weighted by molar-refractivity contribution is 9.10. The van der Waals surface area contributed by atoms with Crippen molar-refractivity contribution in [2.75, 3.05) is 11.9 Å². The Bertz CT molecular complexity index is 441. The number of hydrogen-bond donors (Lipinski definition) is 3. The fourth-order valence-electron chi connectivity index (χ4n) is 1.42. The Hall–Kier alpha value is -1.14. The highest BCUT2D eigenvalue weighted by Crippen LogP contribution is 2.19. The number of hydrogen-bond acceptors (Lipinski definition) is 2. The second kappa shape index (κ2) is 7.45. The largest absolute Gasteiger partial charge is 0.393 e. The van der Waals surface area contributed by atoms with Gasteiger partial charge >= 0.3 is 6.03 Å². The van der Waals surface area contributed by atoms with Crippen LogP contribution in [0.3, 0.4) is 0 Å². The molecular formula is C13H18BrFN2O2. The minimum atomic E-state index is -0.430. The first-order chi connectivity index (χ1) is 8.90. The molecule has 1 atom stereocenters. The number of anilines is 1. The van der Waals surface area contributed by atoms with Gasteiger partial charge in [0, 0.05) is 12.2 Å². The molecule has 0 bridgehead atoms. The SMILES string of the molecule is CC(C)C(O)CCNC(=O)Nc1ccc(F)c(Br)c1.